The third kappa shape index (κ3) is 3.42. The van der Waals surface area contributed by atoms with Crippen molar-refractivity contribution >= 4 is 43.7 Å². The number of nitrogens with zero attached hydrogens (tertiary/aromatic N) is 2. The van der Waals surface area contributed by atoms with Crippen LogP contribution in [0.15, 0.2) is 60.7 Å². The van der Waals surface area contributed by atoms with Gasteiger partial charge in [0.2, 0.25) is 21.9 Å². The summed E-state index contributed by atoms with van der Waals surface area (Å²) in [6.45, 7) is 3.18. The van der Waals surface area contributed by atoms with E-state index in [1.807, 2.05) is 42.5 Å². The molecule has 0 radical (unpaired) electrons. The van der Waals surface area contributed by atoms with E-state index in [-0.39, 0.29) is 11.9 Å². The number of imidazole rings is 1. The van der Waals surface area contributed by atoms with E-state index in [2.05, 4.69) is 10.3 Å². The molecule has 4 rings (SSSR count). The maximum Gasteiger partial charge on any atom is 0.244 e. The molecular weight excluding hydrogens is 412 g/mol. The molecule has 0 saturated heterocycles. The number of hydrogen-bond acceptors (Lipinski definition) is 5. The Bertz CT molecular complexity index is 1400. The molecule has 8 heteroatoms. The number of amides is 1. The van der Waals surface area contributed by atoms with Crippen molar-refractivity contribution in [1.29, 1.82) is 0 Å². The second-order valence-corrected chi connectivity index (χ2v) is 10.0. The van der Waals surface area contributed by atoms with Crippen LogP contribution in [0.3, 0.4) is 0 Å². The minimum absolute atomic E-state index is 0.0949. The molecule has 0 spiro atoms. The van der Waals surface area contributed by atoms with Gasteiger partial charge in [0.15, 0.2) is 0 Å². The fourth-order valence-corrected chi connectivity index (χ4v) is 5.01. The Morgan fingerprint density at radius 3 is 2.48 bits per heavy atom. The van der Waals surface area contributed by atoms with Crippen molar-refractivity contribution in [1.82, 2.24) is 14.3 Å². The number of benzene rings is 3. The standard InChI is InChI=1S/C23H24N4O3S/c1-14(2)31(29,30)27-20-13-16(11-12-19(20)26-23(27)24)21(22(28)25-3)18-10-6-8-15-7-4-5-9-17(15)18/h4-14,21H,1-3H3,(H2,24,26)(H,25,28). The van der Waals surface area contributed by atoms with Crippen LogP contribution in [0.25, 0.3) is 21.8 Å². The fourth-order valence-electron chi connectivity index (χ4n) is 3.87. The summed E-state index contributed by atoms with van der Waals surface area (Å²) in [5, 5.41) is 4.04. The van der Waals surface area contributed by atoms with Crippen LogP contribution >= 0.6 is 0 Å². The van der Waals surface area contributed by atoms with Crippen LogP contribution in [0, 0.1) is 0 Å². The maximum atomic E-state index is 13.0. The summed E-state index contributed by atoms with van der Waals surface area (Å²) in [6.07, 6.45) is 0. The number of anilines is 1. The lowest BCUT2D eigenvalue weighted by molar-refractivity contribution is -0.121. The van der Waals surface area contributed by atoms with Gasteiger partial charge in [-0.2, -0.15) is 0 Å². The molecule has 7 nitrogen and oxygen atoms in total. The van der Waals surface area contributed by atoms with Crippen LogP contribution in [0.1, 0.15) is 30.9 Å². The van der Waals surface area contributed by atoms with E-state index in [9.17, 15) is 13.2 Å². The highest BCUT2D eigenvalue weighted by Crippen LogP contribution is 2.33. The van der Waals surface area contributed by atoms with Crippen molar-refractivity contribution < 1.29 is 13.2 Å². The zero-order chi connectivity index (χ0) is 22.3. The van der Waals surface area contributed by atoms with Gasteiger partial charge in [0.05, 0.1) is 22.2 Å². The van der Waals surface area contributed by atoms with Gasteiger partial charge in [0.1, 0.15) is 0 Å². The number of nitrogen functional groups attached to an aromatic ring is 1. The second kappa shape index (κ2) is 7.70. The van der Waals surface area contributed by atoms with Crippen LogP contribution < -0.4 is 11.1 Å². The molecule has 1 unspecified atom stereocenters. The van der Waals surface area contributed by atoms with Crippen molar-refractivity contribution in [2.75, 3.05) is 12.8 Å². The first-order chi connectivity index (χ1) is 14.8. The minimum Gasteiger partial charge on any atom is -0.368 e. The van der Waals surface area contributed by atoms with Crippen LogP contribution in [0.5, 0.6) is 0 Å². The Balaban J connectivity index is 1.99. The number of nitrogens with two attached hydrogens (primary N) is 1. The third-order valence-electron chi connectivity index (χ3n) is 5.49. The molecule has 1 heterocycles. The number of nitrogens with one attached hydrogen (secondary N) is 1. The van der Waals surface area contributed by atoms with Crippen LogP contribution in [-0.4, -0.2) is 35.6 Å². The van der Waals surface area contributed by atoms with Crippen LogP contribution in [0.2, 0.25) is 0 Å². The normalized spacial score (nSPS) is 13.0. The predicted octanol–water partition coefficient (Wildman–Crippen LogP) is 3.24. The number of fused-ring (bicyclic) bond motifs is 2. The first-order valence-corrected chi connectivity index (χ1v) is 11.5. The molecule has 0 bridgehead atoms. The highest BCUT2D eigenvalue weighted by Gasteiger charge is 2.28. The van der Waals surface area contributed by atoms with Gasteiger partial charge >= 0.3 is 0 Å². The molecule has 3 aromatic carbocycles. The van der Waals surface area contributed by atoms with E-state index >= 15 is 0 Å². The molecule has 0 aliphatic rings. The van der Waals surface area contributed by atoms with Crippen molar-refractivity contribution in [3.8, 4) is 0 Å². The maximum absolute atomic E-state index is 13.0. The minimum atomic E-state index is -3.73. The summed E-state index contributed by atoms with van der Waals surface area (Å²) in [5.41, 5.74) is 8.28. The molecule has 160 valence electrons. The summed E-state index contributed by atoms with van der Waals surface area (Å²) >= 11 is 0. The monoisotopic (exact) mass is 436 g/mol. The van der Waals surface area contributed by atoms with Gasteiger partial charge in [0, 0.05) is 7.05 Å². The van der Waals surface area contributed by atoms with Crippen molar-refractivity contribution in [2.45, 2.75) is 25.0 Å². The average Bonchev–Trinajstić information content (AvgIpc) is 3.09. The van der Waals surface area contributed by atoms with E-state index < -0.39 is 21.2 Å². The zero-order valence-corrected chi connectivity index (χ0v) is 18.3. The fraction of sp³-hybridized carbons (Fsp3) is 0.217. The summed E-state index contributed by atoms with van der Waals surface area (Å²) in [4.78, 5) is 17.2. The number of aromatic nitrogens is 2. The Kier molecular flexibility index (Phi) is 5.18. The lowest BCUT2D eigenvalue weighted by atomic mass is 9.87. The van der Waals surface area contributed by atoms with Crippen molar-refractivity contribution in [3.05, 3.63) is 71.8 Å². The SMILES string of the molecule is CNC(=O)C(c1ccc2nc(N)n(S(=O)(=O)C(C)C)c2c1)c1cccc2ccccc12. The molecule has 0 aliphatic heterocycles. The quantitative estimate of drug-likeness (QED) is 0.499. The molecule has 4 aromatic rings. The largest absolute Gasteiger partial charge is 0.368 e. The van der Waals surface area contributed by atoms with Gasteiger partial charge < -0.3 is 11.1 Å². The number of hydrogen-bond donors (Lipinski definition) is 2. The number of likely N-dealkylation sites (N-methyl/N-ethyl adjacent to an activating group) is 1. The highest BCUT2D eigenvalue weighted by atomic mass is 32.2. The lowest BCUT2D eigenvalue weighted by Crippen LogP contribution is -2.27. The topological polar surface area (TPSA) is 107 Å². The molecule has 0 fully saturated rings. The van der Waals surface area contributed by atoms with Crippen molar-refractivity contribution in [2.24, 2.45) is 0 Å². The van der Waals surface area contributed by atoms with E-state index in [1.165, 1.54) is 0 Å². The molecule has 0 aliphatic carbocycles. The van der Waals surface area contributed by atoms with Crippen molar-refractivity contribution in [3.63, 3.8) is 0 Å². The lowest BCUT2D eigenvalue weighted by Gasteiger charge is -2.19. The van der Waals surface area contributed by atoms with E-state index in [4.69, 9.17) is 5.73 Å². The summed E-state index contributed by atoms with van der Waals surface area (Å²) in [6, 6.07) is 18.9. The second-order valence-electron chi connectivity index (χ2n) is 7.69. The summed E-state index contributed by atoms with van der Waals surface area (Å²) < 4.78 is 26.9. The van der Waals surface area contributed by atoms with Gasteiger partial charge in [-0.15, -0.1) is 0 Å². The first kappa shape index (κ1) is 20.9. The van der Waals surface area contributed by atoms with Gasteiger partial charge in [0.25, 0.3) is 0 Å². The van der Waals surface area contributed by atoms with Gasteiger partial charge in [-0.3, -0.25) is 4.79 Å². The summed E-state index contributed by atoms with van der Waals surface area (Å²) in [5.74, 6) is -0.921. The molecule has 0 saturated carbocycles. The number of carbonyl (C=O) groups is 1. The molecule has 3 N–H and O–H groups in total. The van der Waals surface area contributed by atoms with Gasteiger partial charge in [-0.1, -0.05) is 48.5 Å². The van der Waals surface area contributed by atoms with Gasteiger partial charge in [-0.25, -0.2) is 17.4 Å². The van der Waals surface area contributed by atoms with Crippen LogP contribution in [-0.2, 0) is 14.8 Å². The molecular formula is C23H24N4O3S. The first-order valence-electron chi connectivity index (χ1n) is 9.97. The Morgan fingerprint density at radius 1 is 1.06 bits per heavy atom. The Hall–Kier alpha value is -3.39. The molecule has 31 heavy (non-hydrogen) atoms. The number of rotatable bonds is 5. The van der Waals surface area contributed by atoms with E-state index in [0.29, 0.717) is 16.6 Å². The molecule has 1 aromatic heterocycles. The molecule has 1 atom stereocenters. The Morgan fingerprint density at radius 2 is 1.77 bits per heavy atom. The van der Waals surface area contributed by atoms with E-state index in [1.54, 1.807) is 39.1 Å². The highest BCUT2D eigenvalue weighted by molar-refractivity contribution is 7.90. The predicted molar refractivity (Wildman–Crippen MR) is 123 cm³/mol. The van der Waals surface area contributed by atoms with Crippen LogP contribution in [0.4, 0.5) is 5.95 Å². The van der Waals surface area contributed by atoms with E-state index in [0.717, 1.165) is 20.3 Å². The average molecular weight is 437 g/mol. The summed E-state index contributed by atoms with van der Waals surface area (Å²) in [7, 11) is -2.14. The Labute approximate surface area is 180 Å². The smallest absolute Gasteiger partial charge is 0.244 e. The van der Waals surface area contributed by atoms with Gasteiger partial charge in [-0.05, 0) is 47.9 Å². The third-order valence-corrected chi connectivity index (χ3v) is 7.57. The zero-order valence-electron chi connectivity index (χ0n) is 17.5. The molecule has 1 amide bonds. The number of carbonyl (C=O) groups excluding carboxylic acids is 1.